The minimum Gasteiger partial charge on any atom is -0.376 e. The summed E-state index contributed by atoms with van der Waals surface area (Å²) in [4.78, 5) is 0. The van der Waals surface area contributed by atoms with Crippen LogP contribution in [0.15, 0.2) is 0 Å². The lowest BCUT2D eigenvalue weighted by atomic mass is 9.70. The average molecular weight is 240 g/mol. The molecule has 3 N–H and O–H groups in total. The van der Waals surface area contributed by atoms with Crippen molar-refractivity contribution < 1.29 is 4.74 Å². The molecule has 0 amide bonds. The minimum atomic E-state index is 0.394. The van der Waals surface area contributed by atoms with E-state index in [1.807, 2.05) is 0 Å². The zero-order valence-electron chi connectivity index (χ0n) is 11.6. The van der Waals surface area contributed by atoms with Crippen LogP contribution in [0.4, 0.5) is 0 Å². The number of fused-ring (bicyclic) bond motifs is 2. The van der Waals surface area contributed by atoms with E-state index >= 15 is 0 Å². The van der Waals surface area contributed by atoms with Crippen LogP contribution in [-0.4, -0.2) is 32.3 Å². The number of nitrogens with two attached hydrogens (primary N) is 1. The number of nitrogens with one attached hydrogen (secondary N) is 1. The summed E-state index contributed by atoms with van der Waals surface area (Å²) in [6.45, 7) is 10.6. The highest BCUT2D eigenvalue weighted by Gasteiger charge is 2.61. The van der Waals surface area contributed by atoms with Crippen LogP contribution in [0.3, 0.4) is 0 Å². The van der Waals surface area contributed by atoms with Gasteiger partial charge in [0, 0.05) is 19.6 Å². The molecule has 2 saturated carbocycles. The normalized spacial score (nSPS) is 38.8. The summed E-state index contributed by atoms with van der Waals surface area (Å²) in [5.41, 5.74) is 6.29. The molecule has 2 rings (SSSR count). The van der Waals surface area contributed by atoms with Gasteiger partial charge in [-0.3, -0.25) is 0 Å². The van der Waals surface area contributed by atoms with Crippen LogP contribution in [0.5, 0.6) is 0 Å². The van der Waals surface area contributed by atoms with E-state index in [0.29, 0.717) is 23.5 Å². The van der Waals surface area contributed by atoms with Gasteiger partial charge in [-0.25, -0.2) is 0 Å². The first kappa shape index (κ1) is 13.3. The molecule has 0 aromatic heterocycles. The Labute approximate surface area is 105 Å². The lowest BCUT2D eigenvalue weighted by Gasteiger charge is -2.38. The molecule has 2 aliphatic rings. The maximum Gasteiger partial charge on any atom is 0.0637 e. The van der Waals surface area contributed by atoms with Gasteiger partial charge in [-0.2, -0.15) is 0 Å². The Kier molecular flexibility index (Phi) is 3.81. The standard InChI is InChI=1S/C14H28N2O/c1-13(2)11-4-5-14(13,3)12(10-11)17-9-8-16-7-6-15/h11-12,16H,4-10,15H2,1-3H3/t11-,12+,14-/m1/s1. The topological polar surface area (TPSA) is 47.3 Å². The summed E-state index contributed by atoms with van der Waals surface area (Å²) in [6, 6.07) is 0. The predicted molar refractivity (Wildman–Crippen MR) is 70.9 cm³/mol. The molecule has 2 aliphatic carbocycles. The molecule has 0 radical (unpaired) electrons. The maximum absolute atomic E-state index is 6.12. The molecule has 0 heterocycles. The fourth-order valence-electron chi connectivity index (χ4n) is 3.88. The van der Waals surface area contributed by atoms with Crippen LogP contribution in [0.2, 0.25) is 0 Å². The largest absolute Gasteiger partial charge is 0.376 e. The first-order valence-electron chi connectivity index (χ1n) is 7.05. The average Bonchev–Trinajstić information content (AvgIpc) is 2.61. The van der Waals surface area contributed by atoms with Gasteiger partial charge in [0.25, 0.3) is 0 Å². The summed E-state index contributed by atoms with van der Waals surface area (Å²) in [7, 11) is 0. The molecule has 2 fully saturated rings. The van der Waals surface area contributed by atoms with E-state index in [1.165, 1.54) is 19.3 Å². The third kappa shape index (κ3) is 2.13. The van der Waals surface area contributed by atoms with Gasteiger partial charge in [-0.05, 0) is 36.0 Å². The number of hydrogen-bond donors (Lipinski definition) is 2. The van der Waals surface area contributed by atoms with Gasteiger partial charge in [-0.15, -0.1) is 0 Å². The molecule has 0 aromatic rings. The molecule has 17 heavy (non-hydrogen) atoms. The monoisotopic (exact) mass is 240 g/mol. The Morgan fingerprint density at radius 1 is 1.29 bits per heavy atom. The van der Waals surface area contributed by atoms with Crippen molar-refractivity contribution in [2.75, 3.05) is 26.2 Å². The van der Waals surface area contributed by atoms with Crippen LogP contribution >= 0.6 is 0 Å². The second-order valence-electron chi connectivity index (χ2n) is 6.51. The molecular weight excluding hydrogens is 212 g/mol. The summed E-state index contributed by atoms with van der Waals surface area (Å²) in [5, 5.41) is 3.29. The van der Waals surface area contributed by atoms with Gasteiger partial charge in [-0.1, -0.05) is 20.8 Å². The van der Waals surface area contributed by atoms with E-state index in [1.54, 1.807) is 0 Å². The molecule has 3 atom stereocenters. The summed E-state index contributed by atoms with van der Waals surface area (Å²) in [6.07, 6.45) is 4.47. The third-order valence-electron chi connectivity index (χ3n) is 5.63. The molecule has 0 aliphatic heterocycles. The highest BCUT2D eigenvalue weighted by atomic mass is 16.5. The van der Waals surface area contributed by atoms with E-state index < -0.39 is 0 Å². The molecule has 0 spiro atoms. The molecule has 0 saturated heterocycles. The number of hydrogen-bond acceptors (Lipinski definition) is 3. The van der Waals surface area contributed by atoms with Crippen molar-refractivity contribution in [3.05, 3.63) is 0 Å². The third-order valence-corrected chi connectivity index (χ3v) is 5.63. The van der Waals surface area contributed by atoms with Crippen molar-refractivity contribution in [3.8, 4) is 0 Å². The van der Waals surface area contributed by atoms with Gasteiger partial charge in [0.2, 0.25) is 0 Å². The van der Waals surface area contributed by atoms with Crippen LogP contribution in [0, 0.1) is 16.7 Å². The van der Waals surface area contributed by atoms with Crippen molar-refractivity contribution in [2.24, 2.45) is 22.5 Å². The van der Waals surface area contributed by atoms with E-state index in [-0.39, 0.29) is 0 Å². The second-order valence-corrected chi connectivity index (χ2v) is 6.51. The second kappa shape index (κ2) is 4.87. The molecule has 100 valence electrons. The van der Waals surface area contributed by atoms with E-state index in [0.717, 1.165) is 25.6 Å². The predicted octanol–water partition coefficient (Wildman–Crippen LogP) is 1.77. The molecule has 3 heteroatoms. The highest BCUT2D eigenvalue weighted by Crippen LogP contribution is 2.66. The SMILES string of the molecule is CC1(C)[C@@H]2CC[C@]1(C)[C@@H](OCCNCCN)C2. The van der Waals surface area contributed by atoms with Crippen molar-refractivity contribution in [2.45, 2.75) is 46.1 Å². The number of ether oxygens (including phenoxy) is 1. The fraction of sp³-hybridized carbons (Fsp3) is 1.00. The molecular formula is C14H28N2O. The molecule has 3 nitrogen and oxygen atoms in total. The Morgan fingerprint density at radius 3 is 2.59 bits per heavy atom. The first-order chi connectivity index (χ1) is 8.02. The van der Waals surface area contributed by atoms with Crippen molar-refractivity contribution in [3.63, 3.8) is 0 Å². The van der Waals surface area contributed by atoms with Crippen molar-refractivity contribution >= 4 is 0 Å². The smallest absolute Gasteiger partial charge is 0.0637 e. The number of rotatable bonds is 6. The van der Waals surface area contributed by atoms with Gasteiger partial charge in [0.1, 0.15) is 0 Å². The fourth-order valence-corrected chi connectivity index (χ4v) is 3.88. The lowest BCUT2D eigenvalue weighted by Crippen LogP contribution is -2.38. The maximum atomic E-state index is 6.12. The Bertz CT molecular complexity index is 267. The van der Waals surface area contributed by atoms with Crippen molar-refractivity contribution in [1.82, 2.24) is 5.32 Å². The Balaban J connectivity index is 1.80. The minimum absolute atomic E-state index is 0.394. The van der Waals surface area contributed by atoms with Gasteiger partial charge >= 0.3 is 0 Å². The first-order valence-corrected chi connectivity index (χ1v) is 7.05. The van der Waals surface area contributed by atoms with Gasteiger partial charge in [0.15, 0.2) is 0 Å². The lowest BCUT2D eigenvalue weighted by molar-refractivity contribution is -0.0449. The molecule has 0 aromatic carbocycles. The highest BCUT2D eigenvalue weighted by molar-refractivity contribution is 5.11. The van der Waals surface area contributed by atoms with Crippen LogP contribution in [-0.2, 0) is 4.74 Å². The van der Waals surface area contributed by atoms with Crippen LogP contribution in [0.1, 0.15) is 40.0 Å². The van der Waals surface area contributed by atoms with E-state index in [2.05, 4.69) is 26.1 Å². The molecule has 0 unspecified atom stereocenters. The van der Waals surface area contributed by atoms with Crippen LogP contribution < -0.4 is 11.1 Å². The zero-order chi connectivity index (χ0) is 12.5. The zero-order valence-corrected chi connectivity index (χ0v) is 11.6. The summed E-state index contributed by atoms with van der Waals surface area (Å²) >= 11 is 0. The summed E-state index contributed by atoms with van der Waals surface area (Å²) < 4.78 is 6.12. The quantitative estimate of drug-likeness (QED) is 0.696. The van der Waals surface area contributed by atoms with Crippen LogP contribution in [0.25, 0.3) is 0 Å². The van der Waals surface area contributed by atoms with Crippen molar-refractivity contribution in [1.29, 1.82) is 0 Å². The Morgan fingerprint density at radius 2 is 2.06 bits per heavy atom. The van der Waals surface area contributed by atoms with Gasteiger partial charge < -0.3 is 15.8 Å². The Hall–Kier alpha value is -0.120. The molecule has 2 bridgehead atoms. The summed E-state index contributed by atoms with van der Waals surface area (Å²) in [5.74, 6) is 0.870. The van der Waals surface area contributed by atoms with E-state index in [4.69, 9.17) is 10.5 Å². The van der Waals surface area contributed by atoms with Gasteiger partial charge in [0.05, 0.1) is 12.7 Å². The van der Waals surface area contributed by atoms with E-state index in [9.17, 15) is 0 Å².